The Morgan fingerprint density at radius 3 is 2.13 bits per heavy atom. The fourth-order valence-corrected chi connectivity index (χ4v) is 1.43. The highest BCUT2D eigenvalue weighted by molar-refractivity contribution is 6.17. The van der Waals surface area contributed by atoms with Gasteiger partial charge in [0.1, 0.15) is 0 Å². The lowest BCUT2D eigenvalue weighted by Crippen LogP contribution is -2.12. The lowest BCUT2D eigenvalue weighted by Gasteiger charge is -2.06. The van der Waals surface area contributed by atoms with E-state index in [9.17, 15) is 4.79 Å². The maximum Gasteiger partial charge on any atom is 0.308 e. The molecule has 0 heterocycles. The molecule has 0 unspecified atom stereocenters. The molecule has 0 spiro atoms. The topological polar surface area (TPSA) is 26.3 Å². The smallest absolute Gasteiger partial charge is 0.308 e. The second-order valence-corrected chi connectivity index (χ2v) is 4.51. The highest BCUT2D eigenvalue weighted by atomic mass is 35.5. The van der Waals surface area contributed by atoms with E-state index in [-0.39, 0.29) is 11.9 Å². The van der Waals surface area contributed by atoms with Gasteiger partial charge in [-0.3, -0.25) is 4.79 Å². The average molecular weight is 235 g/mol. The fraction of sp³-hybridized carbons (Fsp3) is 0.917. The predicted octanol–water partition coefficient (Wildman–Crippen LogP) is 3.77. The molecule has 0 rings (SSSR count). The van der Waals surface area contributed by atoms with Crippen LogP contribution in [0.4, 0.5) is 0 Å². The summed E-state index contributed by atoms with van der Waals surface area (Å²) < 4.78 is 5.07. The van der Waals surface area contributed by atoms with Crippen LogP contribution in [0.2, 0.25) is 0 Å². The van der Waals surface area contributed by atoms with Gasteiger partial charge in [-0.15, -0.1) is 11.6 Å². The summed E-state index contributed by atoms with van der Waals surface area (Å²) in [6.45, 7) is 4.29. The number of carbonyl (C=O) groups excluding carboxylic acids is 1. The number of unbranched alkanes of at least 4 members (excludes halogenated alkanes) is 5. The molecule has 0 aliphatic heterocycles. The van der Waals surface area contributed by atoms with Crippen LogP contribution in [0, 0.1) is 5.92 Å². The molecule has 0 fully saturated rings. The molecular weight excluding hydrogens is 212 g/mol. The van der Waals surface area contributed by atoms with Crippen molar-refractivity contribution >= 4 is 17.6 Å². The Morgan fingerprint density at radius 1 is 1.07 bits per heavy atom. The van der Waals surface area contributed by atoms with Crippen molar-refractivity contribution in [2.45, 2.75) is 52.4 Å². The van der Waals surface area contributed by atoms with Crippen LogP contribution >= 0.6 is 11.6 Å². The Labute approximate surface area is 98.3 Å². The first-order valence-corrected chi connectivity index (χ1v) is 6.44. The van der Waals surface area contributed by atoms with Crippen LogP contribution in [0.5, 0.6) is 0 Å². The highest BCUT2D eigenvalue weighted by Crippen LogP contribution is 2.06. The van der Waals surface area contributed by atoms with Gasteiger partial charge in [-0.1, -0.05) is 39.5 Å². The van der Waals surface area contributed by atoms with E-state index in [0.717, 1.165) is 25.1 Å². The molecule has 0 aromatic rings. The summed E-state index contributed by atoms with van der Waals surface area (Å²) in [5.74, 6) is 0.678. The third kappa shape index (κ3) is 10.1. The van der Waals surface area contributed by atoms with Gasteiger partial charge in [-0.05, 0) is 12.8 Å². The summed E-state index contributed by atoms with van der Waals surface area (Å²) in [6, 6.07) is 0. The quantitative estimate of drug-likeness (QED) is 0.345. The van der Waals surface area contributed by atoms with E-state index in [0.29, 0.717) is 6.61 Å². The van der Waals surface area contributed by atoms with Gasteiger partial charge in [0.2, 0.25) is 0 Å². The molecule has 0 saturated heterocycles. The van der Waals surface area contributed by atoms with Gasteiger partial charge in [-0.2, -0.15) is 0 Å². The Bertz CT molecular complexity index is 158. The van der Waals surface area contributed by atoms with Gasteiger partial charge in [-0.25, -0.2) is 0 Å². The van der Waals surface area contributed by atoms with Crippen molar-refractivity contribution in [3.8, 4) is 0 Å². The van der Waals surface area contributed by atoms with Gasteiger partial charge in [0.25, 0.3) is 0 Å². The number of carbonyl (C=O) groups is 1. The minimum absolute atomic E-state index is 0.00581. The molecule has 2 nitrogen and oxygen atoms in total. The molecule has 0 aliphatic carbocycles. The maximum atomic E-state index is 11.1. The molecule has 0 saturated carbocycles. The zero-order chi connectivity index (χ0) is 11.5. The normalized spacial score (nSPS) is 10.7. The van der Waals surface area contributed by atoms with E-state index in [4.69, 9.17) is 16.3 Å². The standard InChI is InChI=1S/C12H23ClO2/c1-11(2)12(14)15-10-8-6-4-3-5-7-9-13/h11H,3-10H2,1-2H3. The number of hydrogen-bond donors (Lipinski definition) is 0. The molecule has 0 radical (unpaired) electrons. The molecular formula is C12H23ClO2. The monoisotopic (exact) mass is 234 g/mol. The lowest BCUT2D eigenvalue weighted by molar-refractivity contribution is -0.147. The van der Waals surface area contributed by atoms with Gasteiger partial charge in [0, 0.05) is 5.88 Å². The summed E-state index contributed by atoms with van der Waals surface area (Å²) in [5, 5.41) is 0. The van der Waals surface area contributed by atoms with Crippen molar-refractivity contribution in [3.63, 3.8) is 0 Å². The first-order valence-electron chi connectivity index (χ1n) is 5.91. The zero-order valence-electron chi connectivity index (χ0n) is 9.93. The van der Waals surface area contributed by atoms with E-state index in [1.165, 1.54) is 19.3 Å². The minimum Gasteiger partial charge on any atom is -0.465 e. The van der Waals surface area contributed by atoms with Crippen LogP contribution in [0.1, 0.15) is 52.4 Å². The molecule has 3 heteroatoms. The first kappa shape index (κ1) is 14.8. The Hall–Kier alpha value is -0.240. The fourth-order valence-electron chi connectivity index (χ4n) is 1.24. The van der Waals surface area contributed by atoms with E-state index >= 15 is 0 Å². The van der Waals surface area contributed by atoms with Crippen molar-refractivity contribution in [1.29, 1.82) is 0 Å². The second-order valence-electron chi connectivity index (χ2n) is 4.13. The lowest BCUT2D eigenvalue weighted by atomic mass is 10.1. The summed E-state index contributed by atoms with van der Waals surface area (Å²) in [6.07, 6.45) is 6.92. The Balaban J connectivity index is 3.08. The predicted molar refractivity (Wildman–Crippen MR) is 64.2 cm³/mol. The van der Waals surface area contributed by atoms with Crippen molar-refractivity contribution in [2.75, 3.05) is 12.5 Å². The van der Waals surface area contributed by atoms with Gasteiger partial charge < -0.3 is 4.74 Å². The molecule has 90 valence electrons. The summed E-state index contributed by atoms with van der Waals surface area (Å²) in [7, 11) is 0. The first-order chi connectivity index (χ1) is 7.18. The Kier molecular flexibility index (Phi) is 10.1. The summed E-state index contributed by atoms with van der Waals surface area (Å²) >= 11 is 5.57. The van der Waals surface area contributed by atoms with E-state index in [1.807, 2.05) is 13.8 Å². The molecule has 0 aromatic carbocycles. The minimum atomic E-state index is -0.0860. The van der Waals surface area contributed by atoms with Crippen molar-refractivity contribution in [3.05, 3.63) is 0 Å². The number of ether oxygens (including phenoxy) is 1. The van der Waals surface area contributed by atoms with Crippen LogP contribution < -0.4 is 0 Å². The molecule has 0 N–H and O–H groups in total. The maximum absolute atomic E-state index is 11.1. The SMILES string of the molecule is CC(C)C(=O)OCCCCCCCCCl. The van der Waals surface area contributed by atoms with Gasteiger partial charge >= 0.3 is 5.97 Å². The molecule has 0 aliphatic rings. The van der Waals surface area contributed by atoms with Gasteiger partial charge in [0.15, 0.2) is 0 Å². The average Bonchev–Trinajstić information content (AvgIpc) is 2.21. The number of halogens is 1. The number of rotatable bonds is 9. The third-order valence-corrected chi connectivity index (χ3v) is 2.51. The summed E-state index contributed by atoms with van der Waals surface area (Å²) in [5.41, 5.74) is 0. The van der Waals surface area contributed by atoms with Crippen LogP contribution in [0.25, 0.3) is 0 Å². The molecule has 0 amide bonds. The number of hydrogen-bond acceptors (Lipinski definition) is 2. The molecule has 0 bridgehead atoms. The molecule has 0 aromatic heterocycles. The van der Waals surface area contributed by atoms with Gasteiger partial charge in [0.05, 0.1) is 12.5 Å². The van der Waals surface area contributed by atoms with Crippen molar-refractivity contribution < 1.29 is 9.53 Å². The zero-order valence-corrected chi connectivity index (χ0v) is 10.7. The van der Waals surface area contributed by atoms with E-state index < -0.39 is 0 Å². The van der Waals surface area contributed by atoms with Crippen LogP contribution in [-0.4, -0.2) is 18.5 Å². The molecule has 15 heavy (non-hydrogen) atoms. The largest absolute Gasteiger partial charge is 0.465 e. The Morgan fingerprint density at radius 2 is 1.60 bits per heavy atom. The third-order valence-electron chi connectivity index (χ3n) is 2.24. The number of alkyl halides is 1. The second kappa shape index (κ2) is 10.3. The van der Waals surface area contributed by atoms with Crippen LogP contribution in [0.15, 0.2) is 0 Å². The van der Waals surface area contributed by atoms with Crippen molar-refractivity contribution in [1.82, 2.24) is 0 Å². The highest BCUT2D eigenvalue weighted by Gasteiger charge is 2.06. The molecule has 0 atom stereocenters. The summed E-state index contributed by atoms with van der Waals surface area (Å²) in [4.78, 5) is 11.1. The number of esters is 1. The van der Waals surface area contributed by atoms with E-state index in [2.05, 4.69) is 0 Å². The van der Waals surface area contributed by atoms with Crippen LogP contribution in [-0.2, 0) is 9.53 Å². The van der Waals surface area contributed by atoms with Crippen molar-refractivity contribution in [2.24, 2.45) is 5.92 Å². The van der Waals surface area contributed by atoms with E-state index in [1.54, 1.807) is 0 Å². The van der Waals surface area contributed by atoms with Crippen LogP contribution in [0.3, 0.4) is 0 Å².